The predicted molar refractivity (Wildman–Crippen MR) is 87.9 cm³/mol. The smallest absolute Gasteiger partial charge is 0.243 e. The molecule has 2 aromatic rings. The van der Waals surface area contributed by atoms with E-state index < -0.39 is 10.0 Å². The molecule has 1 saturated heterocycles. The maximum absolute atomic E-state index is 12.9. The zero-order valence-corrected chi connectivity index (χ0v) is 14.6. The van der Waals surface area contributed by atoms with E-state index in [-0.39, 0.29) is 16.9 Å². The fourth-order valence-corrected chi connectivity index (χ4v) is 4.58. The van der Waals surface area contributed by atoms with Crippen molar-refractivity contribution in [2.45, 2.75) is 43.5 Å². The van der Waals surface area contributed by atoms with Gasteiger partial charge >= 0.3 is 0 Å². The van der Waals surface area contributed by atoms with Gasteiger partial charge in [0.1, 0.15) is 0 Å². The monoisotopic (exact) mass is 354 g/mol. The average molecular weight is 355 g/mol. The fraction of sp³-hybridized carbons (Fsp3) is 0.438. The van der Waals surface area contributed by atoms with Crippen LogP contribution in [0.2, 0.25) is 5.02 Å². The summed E-state index contributed by atoms with van der Waals surface area (Å²) in [4.78, 5) is 0.248. The molecule has 0 spiro atoms. The number of hydrogen-bond acceptors (Lipinski definition) is 4. The molecule has 1 atom stereocenters. The van der Waals surface area contributed by atoms with Gasteiger partial charge in [0.05, 0.1) is 16.6 Å². The Morgan fingerprint density at radius 3 is 2.61 bits per heavy atom. The topological polar surface area (TPSA) is 63.4 Å². The Kier molecular flexibility index (Phi) is 4.49. The van der Waals surface area contributed by atoms with E-state index in [4.69, 9.17) is 16.1 Å². The largest absolute Gasteiger partial charge is 0.359 e. The van der Waals surface area contributed by atoms with Gasteiger partial charge in [-0.1, -0.05) is 30.6 Å². The highest BCUT2D eigenvalue weighted by molar-refractivity contribution is 7.89. The Morgan fingerprint density at radius 1 is 1.30 bits per heavy atom. The van der Waals surface area contributed by atoms with E-state index in [1.54, 1.807) is 12.1 Å². The van der Waals surface area contributed by atoms with E-state index in [1.807, 2.05) is 19.9 Å². The van der Waals surface area contributed by atoms with Crippen LogP contribution in [-0.2, 0) is 10.0 Å². The van der Waals surface area contributed by atoms with E-state index in [9.17, 15) is 8.42 Å². The summed E-state index contributed by atoms with van der Waals surface area (Å²) in [6.07, 6.45) is 1.54. The zero-order valence-electron chi connectivity index (χ0n) is 13.1. The standard InChI is InChI=1S/C16H19ClN2O3S/c1-11(2)14-10-16(22-18-14)15-4-3-9-19(15)23(20,21)13-7-5-12(17)6-8-13/h5-8,10-11,15H,3-4,9H2,1-2H3. The highest BCUT2D eigenvalue weighted by Crippen LogP contribution is 2.37. The molecule has 0 saturated carbocycles. The van der Waals surface area contributed by atoms with Gasteiger partial charge in [0.25, 0.3) is 0 Å². The first kappa shape index (κ1) is 16.5. The molecule has 3 rings (SSSR count). The molecule has 0 aliphatic carbocycles. The van der Waals surface area contributed by atoms with Crippen LogP contribution in [0.15, 0.2) is 39.8 Å². The summed E-state index contributed by atoms with van der Waals surface area (Å²) >= 11 is 5.85. The molecule has 2 heterocycles. The minimum absolute atomic E-state index is 0.246. The third-order valence-corrected chi connectivity index (χ3v) is 6.26. The molecule has 0 radical (unpaired) electrons. The van der Waals surface area contributed by atoms with Gasteiger partial charge in [-0.2, -0.15) is 4.31 Å². The molecule has 7 heteroatoms. The van der Waals surface area contributed by atoms with Crippen molar-refractivity contribution in [1.29, 1.82) is 0 Å². The number of sulfonamides is 1. The fourth-order valence-electron chi connectivity index (χ4n) is 2.79. The highest BCUT2D eigenvalue weighted by Gasteiger charge is 2.38. The Hall–Kier alpha value is -1.37. The van der Waals surface area contributed by atoms with E-state index in [0.717, 1.165) is 18.5 Å². The molecular formula is C16H19ClN2O3S. The lowest BCUT2D eigenvalue weighted by molar-refractivity contribution is 0.295. The van der Waals surface area contributed by atoms with Crippen molar-refractivity contribution in [3.8, 4) is 0 Å². The third kappa shape index (κ3) is 3.16. The summed E-state index contributed by atoms with van der Waals surface area (Å²) in [6, 6.07) is 7.82. The summed E-state index contributed by atoms with van der Waals surface area (Å²) < 4.78 is 32.7. The summed E-state index contributed by atoms with van der Waals surface area (Å²) in [5.74, 6) is 0.860. The second-order valence-corrected chi connectivity index (χ2v) is 8.36. The molecule has 0 amide bonds. The van der Waals surface area contributed by atoms with E-state index >= 15 is 0 Å². The minimum Gasteiger partial charge on any atom is -0.359 e. The maximum atomic E-state index is 12.9. The van der Waals surface area contributed by atoms with Crippen molar-refractivity contribution in [2.24, 2.45) is 0 Å². The average Bonchev–Trinajstić information content (AvgIpc) is 3.16. The SMILES string of the molecule is CC(C)c1cc(C2CCCN2S(=O)(=O)c2ccc(Cl)cc2)on1. The maximum Gasteiger partial charge on any atom is 0.243 e. The van der Waals surface area contributed by atoms with Crippen LogP contribution in [0.25, 0.3) is 0 Å². The molecule has 23 heavy (non-hydrogen) atoms. The van der Waals surface area contributed by atoms with Crippen molar-refractivity contribution in [1.82, 2.24) is 9.46 Å². The van der Waals surface area contributed by atoms with E-state index in [1.165, 1.54) is 16.4 Å². The van der Waals surface area contributed by atoms with Crippen molar-refractivity contribution in [3.63, 3.8) is 0 Å². The summed E-state index contributed by atoms with van der Waals surface area (Å²) in [6.45, 7) is 4.53. The molecule has 1 fully saturated rings. The lowest BCUT2D eigenvalue weighted by Crippen LogP contribution is -2.30. The summed E-state index contributed by atoms with van der Waals surface area (Å²) in [5.41, 5.74) is 0.843. The van der Waals surface area contributed by atoms with Crippen LogP contribution in [0.4, 0.5) is 0 Å². The van der Waals surface area contributed by atoms with Crippen molar-refractivity contribution in [3.05, 3.63) is 46.8 Å². The highest BCUT2D eigenvalue weighted by atomic mass is 35.5. The first-order valence-corrected chi connectivity index (χ1v) is 9.45. The molecule has 0 N–H and O–H groups in total. The molecular weight excluding hydrogens is 336 g/mol. The Bertz CT molecular complexity index is 784. The zero-order chi connectivity index (χ0) is 16.6. The van der Waals surface area contributed by atoms with Gasteiger partial charge < -0.3 is 4.52 Å². The first-order chi connectivity index (χ1) is 10.9. The Labute approximate surface area is 141 Å². The number of halogens is 1. The molecule has 5 nitrogen and oxygen atoms in total. The summed E-state index contributed by atoms with van der Waals surface area (Å²) in [5, 5.41) is 4.56. The van der Waals surface area contributed by atoms with E-state index in [0.29, 0.717) is 17.3 Å². The molecule has 1 aromatic heterocycles. The number of aromatic nitrogens is 1. The number of hydrogen-bond donors (Lipinski definition) is 0. The predicted octanol–water partition coefficient (Wildman–Crippen LogP) is 3.98. The molecule has 1 aliphatic heterocycles. The molecule has 1 aromatic carbocycles. The second kappa shape index (κ2) is 6.26. The number of rotatable bonds is 4. The van der Waals surface area contributed by atoms with Gasteiger partial charge in [0.2, 0.25) is 10.0 Å². The Balaban J connectivity index is 1.92. The molecule has 1 unspecified atom stereocenters. The van der Waals surface area contributed by atoms with Gasteiger partial charge in [-0.25, -0.2) is 8.42 Å². The van der Waals surface area contributed by atoms with Crippen molar-refractivity contribution in [2.75, 3.05) is 6.54 Å². The van der Waals surface area contributed by atoms with Crippen molar-refractivity contribution < 1.29 is 12.9 Å². The van der Waals surface area contributed by atoms with E-state index in [2.05, 4.69) is 5.16 Å². The van der Waals surface area contributed by atoms with Crippen LogP contribution < -0.4 is 0 Å². The van der Waals surface area contributed by atoms with Crippen LogP contribution >= 0.6 is 11.6 Å². The molecule has 124 valence electrons. The van der Waals surface area contributed by atoms with Crippen LogP contribution in [0.5, 0.6) is 0 Å². The van der Waals surface area contributed by atoms with Crippen LogP contribution in [-0.4, -0.2) is 24.4 Å². The first-order valence-electron chi connectivity index (χ1n) is 7.63. The van der Waals surface area contributed by atoms with Gasteiger partial charge in [0.15, 0.2) is 5.76 Å². The number of nitrogens with zero attached hydrogens (tertiary/aromatic N) is 2. The van der Waals surface area contributed by atoms with Gasteiger partial charge in [-0.15, -0.1) is 0 Å². The lowest BCUT2D eigenvalue weighted by Gasteiger charge is -2.22. The van der Waals surface area contributed by atoms with Gasteiger partial charge in [0, 0.05) is 17.6 Å². The minimum atomic E-state index is -3.58. The quantitative estimate of drug-likeness (QED) is 0.833. The lowest BCUT2D eigenvalue weighted by atomic mass is 10.1. The molecule has 1 aliphatic rings. The van der Waals surface area contributed by atoms with Crippen LogP contribution in [0.1, 0.15) is 50.1 Å². The summed E-state index contributed by atoms with van der Waals surface area (Å²) in [7, 11) is -3.58. The number of benzene rings is 1. The second-order valence-electron chi connectivity index (χ2n) is 6.04. The van der Waals surface area contributed by atoms with Gasteiger partial charge in [-0.05, 0) is 43.0 Å². The van der Waals surface area contributed by atoms with Gasteiger partial charge in [-0.3, -0.25) is 0 Å². The van der Waals surface area contributed by atoms with Crippen LogP contribution in [0, 0.1) is 0 Å². The van der Waals surface area contributed by atoms with Crippen LogP contribution in [0.3, 0.4) is 0 Å². The van der Waals surface area contributed by atoms with Crippen molar-refractivity contribution >= 4 is 21.6 Å². The third-order valence-electron chi connectivity index (χ3n) is 4.09. The molecule has 0 bridgehead atoms. The Morgan fingerprint density at radius 2 is 2.00 bits per heavy atom. The normalized spacial score (nSPS) is 19.6.